The van der Waals surface area contributed by atoms with E-state index in [1.807, 2.05) is 26.0 Å². The van der Waals surface area contributed by atoms with Gasteiger partial charge in [-0.25, -0.2) is 0 Å². The first-order valence-electron chi connectivity index (χ1n) is 6.51. The van der Waals surface area contributed by atoms with Crippen molar-refractivity contribution in [3.05, 3.63) is 30.1 Å². The highest BCUT2D eigenvalue weighted by atomic mass is 16.5. The lowest BCUT2D eigenvalue weighted by atomic mass is 10.1. The minimum atomic E-state index is -0.238. The van der Waals surface area contributed by atoms with E-state index in [-0.39, 0.29) is 18.1 Å². The zero-order valence-electron chi connectivity index (χ0n) is 11.3. The Balaban J connectivity index is 2.63. The SMILES string of the molecule is CCCC(N[C@@H](C)c1ccncc1)C(=O)OCC. The summed E-state index contributed by atoms with van der Waals surface area (Å²) in [5, 5.41) is 3.32. The highest BCUT2D eigenvalue weighted by molar-refractivity contribution is 5.75. The summed E-state index contributed by atoms with van der Waals surface area (Å²) in [6.07, 6.45) is 5.24. The van der Waals surface area contributed by atoms with Crippen LogP contribution in [0.3, 0.4) is 0 Å². The number of hydrogen-bond donors (Lipinski definition) is 1. The number of carbonyl (C=O) groups is 1. The van der Waals surface area contributed by atoms with E-state index in [1.54, 1.807) is 12.4 Å². The smallest absolute Gasteiger partial charge is 0.323 e. The number of hydrogen-bond acceptors (Lipinski definition) is 4. The molecule has 0 saturated heterocycles. The van der Waals surface area contributed by atoms with Crippen LogP contribution >= 0.6 is 0 Å². The molecule has 4 heteroatoms. The minimum Gasteiger partial charge on any atom is -0.465 e. The average Bonchev–Trinajstić information content (AvgIpc) is 2.39. The summed E-state index contributed by atoms with van der Waals surface area (Å²) in [5.74, 6) is -0.166. The second-order valence-corrected chi connectivity index (χ2v) is 4.26. The van der Waals surface area contributed by atoms with E-state index in [0.29, 0.717) is 6.61 Å². The number of carbonyl (C=O) groups excluding carboxylic acids is 1. The summed E-state index contributed by atoms with van der Waals surface area (Å²) in [6, 6.07) is 3.77. The number of aromatic nitrogens is 1. The Labute approximate surface area is 109 Å². The van der Waals surface area contributed by atoms with Gasteiger partial charge in [-0.15, -0.1) is 0 Å². The van der Waals surface area contributed by atoms with Crippen molar-refractivity contribution < 1.29 is 9.53 Å². The van der Waals surface area contributed by atoms with E-state index < -0.39 is 0 Å². The molecule has 1 aromatic rings. The standard InChI is InChI=1S/C14H22N2O2/c1-4-6-13(14(17)18-5-2)16-11(3)12-7-9-15-10-8-12/h7-11,13,16H,4-6H2,1-3H3/t11-,13?/m0/s1. The van der Waals surface area contributed by atoms with Crippen LogP contribution in [0.4, 0.5) is 0 Å². The first-order chi connectivity index (χ1) is 8.69. The molecule has 1 aromatic heterocycles. The van der Waals surface area contributed by atoms with Crippen molar-refractivity contribution in [2.24, 2.45) is 0 Å². The Morgan fingerprint density at radius 1 is 1.39 bits per heavy atom. The second kappa shape index (κ2) is 7.82. The molecule has 1 heterocycles. The number of ether oxygens (including phenoxy) is 1. The summed E-state index contributed by atoms with van der Waals surface area (Å²) < 4.78 is 5.08. The molecule has 0 spiro atoms. The van der Waals surface area contributed by atoms with Gasteiger partial charge in [0.1, 0.15) is 6.04 Å². The Kier molecular flexibility index (Phi) is 6.36. The molecule has 1 rings (SSSR count). The molecule has 0 radical (unpaired) electrons. The van der Waals surface area contributed by atoms with Gasteiger partial charge >= 0.3 is 5.97 Å². The molecular formula is C14H22N2O2. The molecule has 0 aliphatic heterocycles. The maximum Gasteiger partial charge on any atom is 0.323 e. The van der Waals surface area contributed by atoms with Crippen LogP contribution in [0.25, 0.3) is 0 Å². The summed E-state index contributed by atoms with van der Waals surface area (Å²) >= 11 is 0. The summed E-state index contributed by atoms with van der Waals surface area (Å²) in [5.41, 5.74) is 1.12. The molecule has 4 nitrogen and oxygen atoms in total. The maximum atomic E-state index is 11.8. The van der Waals surface area contributed by atoms with Gasteiger partial charge in [-0.2, -0.15) is 0 Å². The van der Waals surface area contributed by atoms with Crippen molar-refractivity contribution in [3.8, 4) is 0 Å². The van der Waals surface area contributed by atoms with Crippen molar-refractivity contribution in [2.45, 2.75) is 45.7 Å². The molecule has 0 aliphatic carbocycles. The van der Waals surface area contributed by atoms with Crippen LogP contribution in [0, 0.1) is 0 Å². The quantitative estimate of drug-likeness (QED) is 0.755. The summed E-state index contributed by atoms with van der Waals surface area (Å²) in [7, 11) is 0. The maximum absolute atomic E-state index is 11.8. The van der Waals surface area contributed by atoms with Crippen molar-refractivity contribution in [3.63, 3.8) is 0 Å². The van der Waals surface area contributed by atoms with Gasteiger partial charge in [-0.3, -0.25) is 15.1 Å². The van der Waals surface area contributed by atoms with Gasteiger partial charge in [0, 0.05) is 18.4 Å². The first kappa shape index (κ1) is 14.6. The van der Waals surface area contributed by atoms with Gasteiger partial charge in [-0.05, 0) is 38.0 Å². The molecule has 0 saturated carbocycles. The van der Waals surface area contributed by atoms with Gasteiger partial charge < -0.3 is 4.74 Å². The van der Waals surface area contributed by atoms with Crippen LogP contribution < -0.4 is 5.32 Å². The van der Waals surface area contributed by atoms with Crippen LogP contribution in [0.2, 0.25) is 0 Å². The van der Waals surface area contributed by atoms with Crippen molar-refractivity contribution in [2.75, 3.05) is 6.61 Å². The molecule has 18 heavy (non-hydrogen) atoms. The Hall–Kier alpha value is -1.42. The molecule has 1 unspecified atom stereocenters. The molecular weight excluding hydrogens is 228 g/mol. The van der Waals surface area contributed by atoms with Gasteiger partial charge in [0.15, 0.2) is 0 Å². The summed E-state index contributed by atoms with van der Waals surface area (Å²) in [6.45, 7) is 6.35. The topological polar surface area (TPSA) is 51.2 Å². The van der Waals surface area contributed by atoms with Crippen molar-refractivity contribution in [1.29, 1.82) is 0 Å². The molecule has 0 bridgehead atoms. The third-order valence-corrected chi connectivity index (χ3v) is 2.81. The van der Waals surface area contributed by atoms with Crippen LogP contribution in [0.1, 0.15) is 45.2 Å². The number of esters is 1. The summed E-state index contributed by atoms with van der Waals surface area (Å²) in [4.78, 5) is 15.8. The Bertz CT molecular complexity index is 354. The van der Waals surface area contributed by atoms with E-state index in [9.17, 15) is 4.79 Å². The molecule has 0 aromatic carbocycles. The van der Waals surface area contributed by atoms with Gasteiger partial charge in [0.2, 0.25) is 0 Å². The van der Waals surface area contributed by atoms with Crippen molar-refractivity contribution >= 4 is 5.97 Å². The van der Waals surface area contributed by atoms with E-state index >= 15 is 0 Å². The van der Waals surface area contributed by atoms with Gasteiger partial charge in [-0.1, -0.05) is 13.3 Å². The van der Waals surface area contributed by atoms with E-state index in [4.69, 9.17) is 4.74 Å². The lowest BCUT2D eigenvalue weighted by molar-refractivity contribution is -0.146. The average molecular weight is 250 g/mol. The van der Waals surface area contributed by atoms with Gasteiger partial charge in [0.25, 0.3) is 0 Å². The molecule has 100 valence electrons. The number of pyridine rings is 1. The Morgan fingerprint density at radius 3 is 2.61 bits per heavy atom. The molecule has 1 N–H and O–H groups in total. The number of rotatable bonds is 7. The van der Waals surface area contributed by atoms with E-state index in [0.717, 1.165) is 18.4 Å². The normalized spacial score (nSPS) is 13.9. The van der Waals surface area contributed by atoms with E-state index in [1.165, 1.54) is 0 Å². The molecule has 0 aliphatic rings. The fraction of sp³-hybridized carbons (Fsp3) is 0.571. The van der Waals surface area contributed by atoms with Crippen LogP contribution in [0.15, 0.2) is 24.5 Å². The zero-order valence-corrected chi connectivity index (χ0v) is 11.3. The largest absolute Gasteiger partial charge is 0.465 e. The lowest BCUT2D eigenvalue weighted by Gasteiger charge is -2.21. The van der Waals surface area contributed by atoms with Crippen LogP contribution in [0.5, 0.6) is 0 Å². The Morgan fingerprint density at radius 2 is 2.06 bits per heavy atom. The molecule has 0 amide bonds. The lowest BCUT2D eigenvalue weighted by Crippen LogP contribution is -2.39. The fourth-order valence-electron chi connectivity index (χ4n) is 1.85. The highest BCUT2D eigenvalue weighted by Gasteiger charge is 2.21. The van der Waals surface area contributed by atoms with Gasteiger partial charge in [0.05, 0.1) is 6.61 Å². The van der Waals surface area contributed by atoms with Crippen LogP contribution in [-0.2, 0) is 9.53 Å². The molecule has 2 atom stereocenters. The first-order valence-corrected chi connectivity index (χ1v) is 6.51. The minimum absolute atomic E-state index is 0.106. The third kappa shape index (κ3) is 4.45. The third-order valence-electron chi connectivity index (χ3n) is 2.81. The predicted octanol–water partition coefficient (Wildman–Crippen LogP) is 2.46. The predicted molar refractivity (Wildman–Crippen MR) is 71.1 cm³/mol. The molecule has 0 fully saturated rings. The zero-order chi connectivity index (χ0) is 13.4. The van der Waals surface area contributed by atoms with Crippen LogP contribution in [-0.4, -0.2) is 23.6 Å². The highest BCUT2D eigenvalue weighted by Crippen LogP contribution is 2.13. The second-order valence-electron chi connectivity index (χ2n) is 4.26. The fourth-order valence-corrected chi connectivity index (χ4v) is 1.85. The number of nitrogens with zero attached hydrogens (tertiary/aromatic N) is 1. The number of nitrogens with one attached hydrogen (secondary N) is 1. The van der Waals surface area contributed by atoms with E-state index in [2.05, 4.69) is 17.2 Å². The van der Waals surface area contributed by atoms with Crippen molar-refractivity contribution in [1.82, 2.24) is 10.3 Å². The monoisotopic (exact) mass is 250 g/mol.